The lowest BCUT2D eigenvalue weighted by atomic mass is 10.2. The second-order valence-corrected chi connectivity index (χ2v) is 7.54. The van der Waals surface area contributed by atoms with Crippen molar-refractivity contribution in [3.63, 3.8) is 0 Å². The molecule has 134 valence electrons. The summed E-state index contributed by atoms with van der Waals surface area (Å²) in [5.41, 5.74) is 0.296. The molecule has 1 amide bonds. The summed E-state index contributed by atoms with van der Waals surface area (Å²) in [4.78, 5) is 12.0. The molecule has 0 radical (unpaired) electrons. The van der Waals surface area contributed by atoms with Crippen LogP contribution in [0.5, 0.6) is 0 Å². The quantitative estimate of drug-likeness (QED) is 0.827. The van der Waals surface area contributed by atoms with Crippen LogP contribution in [0.15, 0.2) is 42.5 Å². The van der Waals surface area contributed by atoms with Gasteiger partial charge in [0, 0.05) is 23.2 Å². The topological polar surface area (TPSA) is 66.5 Å². The fourth-order valence-electron chi connectivity index (χ4n) is 2.13. The van der Waals surface area contributed by atoms with Gasteiger partial charge in [-0.25, -0.2) is 17.2 Å². The molecule has 0 atom stereocenters. The molecule has 25 heavy (non-hydrogen) atoms. The fraction of sp³-hybridized carbons (Fsp3) is 0.188. The van der Waals surface area contributed by atoms with Crippen LogP contribution in [0, 0.1) is 11.6 Å². The number of hydrogen-bond donors (Lipinski definition) is 1. The first-order valence-electron chi connectivity index (χ1n) is 7.15. The molecular formula is C16H15ClF2N2O3S. The Labute approximate surface area is 149 Å². The largest absolute Gasteiger partial charge is 0.350 e. The molecule has 0 saturated carbocycles. The highest BCUT2D eigenvalue weighted by Crippen LogP contribution is 2.20. The summed E-state index contributed by atoms with van der Waals surface area (Å²) in [6.07, 6.45) is 0.938. The number of amides is 1. The molecule has 2 aromatic rings. The summed E-state index contributed by atoms with van der Waals surface area (Å²) in [6.45, 7) is -0.173. The van der Waals surface area contributed by atoms with Gasteiger partial charge in [0.1, 0.15) is 0 Å². The Balaban J connectivity index is 2.08. The van der Waals surface area contributed by atoms with Gasteiger partial charge in [-0.1, -0.05) is 17.7 Å². The minimum atomic E-state index is -3.75. The van der Waals surface area contributed by atoms with Gasteiger partial charge in [0.15, 0.2) is 11.6 Å². The number of carbonyl (C=O) groups is 1. The van der Waals surface area contributed by atoms with Crippen molar-refractivity contribution in [1.29, 1.82) is 0 Å². The van der Waals surface area contributed by atoms with Gasteiger partial charge in [-0.15, -0.1) is 0 Å². The van der Waals surface area contributed by atoms with Crippen molar-refractivity contribution in [2.45, 2.75) is 0 Å². The van der Waals surface area contributed by atoms with E-state index in [1.807, 2.05) is 0 Å². The van der Waals surface area contributed by atoms with E-state index in [-0.39, 0.29) is 18.8 Å². The molecule has 9 heteroatoms. The summed E-state index contributed by atoms with van der Waals surface area (Å²) in [6, 6.07) is 9.04. The highest BCUT2D eigenvalue weighted by atomic mass is 35.5. The van der Waals surface area contributed by atoms with Crippen molar-refractivity contribution >= 4 is 33.2 Å². The Bertz CT molecular complexity index is 891. The molecule has 0 heterocycles. The van der Waals surface area contributed by atoms with Crippen LogP contribution >= 0.6 is 11.6 Å². The van der Waals surface area contributed by atoms with Crippen molar-refractivity contribution in [2.75, 3.05) is 23.7 Å². The van der Waals surface area contributed by atoms with Gasteiger partial charge in [-0.3, -0.25) is 9.10 Å². The zero-order valence-corrected chi connectivity index (χ0v) is 14.7. The van der Waals surface area contributed by atoms with Crippen LogP contribution in [0.3, 0.4) is 0 Å². The maximum absolute atomic E-state index is 13.4. The molecule has 0 fully saturated rings. The molecule has 0 aliphatic carbocycles. The first-order chi connectivity index (χ1) is 11.7. The number of benzene rings is 2. The van der Waals surface area contributed by atoms with Crippen molar-refractivity contribution in [2.24, 2.45) is 0 Å². The molecule has 2 rings (SSSR count). The third-order valence-electron chi connectivity index (χ3n) is 3.28. The van der Waals surface area contributed by atoms with Crippen LogP contribution in [0.2, 0.25) is 5.02 Å². The lowest BCUT2D eigenvalue weighted by Gasteiger charge is -2.22. The van der Waals surface area contributed by atoms with Crippen LogP contribution in [-0.4, -0.2) is 33.7 Å². The third-order valence-corrected chi connectivity index (χ3v) is 4.71. The Morgan fingerprint density at radius 2 is 1.88 bits per heavy atom. The van der Waals surface area contributed by atoms with E-state index in [2.05, 4.69) is 5.32 Å². The lowest BCUT2D eigenvalue weighted by molar-refractivity contribution is 0.0955. The highest BCUT2D eigenvalue weighted by molar-refractivity contribution is 7.92. The number of halogens is 3. The van der Waals surface area contributed by atoms with Crippen molar-refractivity contribution in [1.82, 2.24) is 5.32 Å². The first kappa shape index (κ1) is 19.1. The lowest BCUT2D eigenvalue weighted by Crippen LogP contribution is -2.38. The van der Waals surface area contributed by atoms with Crippen LogP contribution < -0.4 is 9.62 Å². The smallest absolute Gasteiger partial charge is 0.251 e. The molecule has 0 unspecified atom stereocenters. The Morgan fingerprint density at radius 1 is 1.16 bits per heavy atom. The van der Waals surface area contributed by atoms with Crippen LogP contribution in [0.4, 0.5) is 14.5 Å². The zero-order valence-electron chi connectivity index (χ0n) is 13.2. The number of nitrogens with one attached hydrogen (secondary N) is 1. The van der Waals surface area contributed by atoms with Gasteiger partial charge in [0.2, 0.25) is 10.0 Å². The van der Waals surface area contributed by atoms with E-state index in [0.29, 0.717) is 10.6 Å². The molecule has 0 aliphatic heterocycles. The first-order valence-corrected chi connectivity index (χ1v) is 9.37. The maximum Gasteiger partial charge on any atom is 0.251 e. The van der Waals surface area contributed by atoms with Crippen molar-refractivity contribution < 1.29 is 22.0 Å². The Hall–Kier alpha value is -2.19. The Kier molecular flexibility index (Phi) is 5.97. The third kappa shape index (κ3) is 5.14. The summed E-state index contributed by atoms with van der Waals surface area (Å²) < 4.78 is 51.1. The molecule has 0 saturated heterocycles. The number of anilines is 1. The van der Waals surface area contributed by atoms with Gasteiger partial charge in [-0.2, -0.15) is 0 Å². The van der Waals surface area contributed by atoms with Crippen molar-refractivity contribution in [3.05, 3.63) is 64.7 Å². The van der Waals surface area contributed by atoms with Crippen LogP contribution in [0.25, 0.3) is 0 Å². The van der Waals surface area contributed by atoms with Gasteiger partial charge in [0.25, 0.3) is 5.91 Å². The van der Waals surface area contributed by atoms with Gasteiger partial charge >= 0.3 is 0 Å². The molecule has 0 bridgehead atoms. The number of rotatable bonds is 6. The SMILES string of the molecule is CS(=O)(=O)N(CCNC(=O)c1cccc(Cl)c1)c1ccc(F)c(F)c1. The van der Waals surface area contributed by atoms with E-state index in [1.165, 1.54) is 6.07 Å². The van der Waals surface area contributed by atoms with Crippen molar-refractivity contribution in [3.8, 4) is 0 Å². The van der Waals surface area contributed by atoms with E-state index in [9.17, 15) is 22.0 Å². The molecule has 2 aromatic carbocycles. The average molecular weight is 389 g/mol. The monoisotopic (exact) mass is 388 g/mol. The number of carbonyl (C=O) groups excluding carboxylic acids is 1. The molecule has 1 N–H and O–H groups in total. The molecule has 0 spiro atoms. The van der Waals surface area contributed by atoms with Gasteiger partial charge in [-0.05, 0) is 30.3 Å². The molecule has 0 aliphatic rings. The summed E-state index contributed by atoms with van der Waals surface area (Å²) in [5.74, 6) is -2.66. The minimum absolute atomic E-state index is 0.0293. The van der Waals surface area contributed by atoms with E-state index < -0.39 is 27.6 Å². The van der Waals surface area contributed by atoms with Gasteiger partial charge < -0.3 is 5.32 Å². The summed E-state index contributed by atoms with van der Waals surface area (Å²) in [5, 5.41) is 2.95. The fourth-order valence-corrected chi connectivity index (χ4v) is 3.24. The zero-order chi connectivity index (χ0) is 18.6. The number of hydrogen-bond acceptors (Lipinski definition) is 3. The van der Waals surface area contributed by atoms with E-state index in [0.717, 1.165) is 28.8 Å². The van der Waals surface area contributed by atoms with E-state index in [4.69, 9.17) is 11.6 Å². The van der Waals surface area contributed by atoms with E-state index >= 15 is 0 Å². The molecule has 5 nitrogen and oxygen atoms in total. The predicted octanol–water partition coefficient (Wildman–Crippen LogP) is 2.81. The standard InChI is InChI=1S/C16H15ClF2N2O3S/c1-25(23,24)21(13-5-6-14(18)15(19)10-13)8-7-20-16(22)11-3-2-4-12(17)9-11/h2-6,9-10H,7-8H2,1H3,(H,20,22). The number of nitrogens with zero attached hydrogens (tertiary/aromatic N) is 1. The number of sulfonamides is 1. The predicted molar refractivity (Wildman–Crippen MR) is 92.3 cm³/mol. The summed E-state index contributed by atoms with van der Waals surface area (Å²) in [7, 11) is -3.75. The van der Waals surface area contributed by atoms with Crippen LogP contribution in [-0.2, 0) is 10.0 Å². The molecule has 0 aromatic heterocycles. The van der Waals surface area contributed by atoms with E-state index in [1.54, 1.807) is 18.2 Å². The maximum atomic E-state index is 13.4. The van der Waals surface area contributed by atoms with Crippen LogP contribution in [0.1, 0.15) is 10.4 Å². The minimum Gasteiger partial charge on any atom is -0.350 e. The normalized spacial score (nSPS) is 11.2. The second-order valence-electron chi connectivity index (χ2n) is 5.20. The Morgan fingerprint density at radius 3 is 2.48 bits per heavy atom. The second kappa shape index (κ2) is 7.79. The average Bonchev–Trinajstić information content (AvgIpc) is 2.53. The highest BCUT2D eigenvalue weighted by Gasteiger charge is 2.19. The summed E-state index contributed by atoms with van der Waals surface area (Å²) >= 11 is 5.81. The molecular weight excluding hydrogens is 374 g/mol. The van der Waals surface area contributed by atoms with Gasteiger partial charge in [0.05, 0.1) is 18.5 Å².